The smallest absolute Gasteiger partial charge is 0.306 e. The molecule has 0 fully saturated rings. The van der Waals surface area contributed by atoms with Crippen molar-refractivity contribution in [1.82, 2.24) is 0 Å². The Morgan fingerprint density at radius 2 is 0.535 bits per heavy atom. The van der Waals surface area contributed by atoms with Gasteiger partial charge in [-0.05, 0) is 31.1 Å². The van der Waals surface area contributed by atoms with E-state index in [0.717, 1.165) is 69.6 Å². The van der Waals surface area contributed by atoms with Crippen molar-refractivity contribution < 1.29 is 28.6 Å². The van der Waals surface area contributed by atoms with E-state index in [1.54, 1.807) is 0 Å². The molecule has 0 aliphatic heterocycles. The Labute approximate surface area is 444 Å². The summed E-state index contributed by atoms with van der Waals surface area (Å²) in [5.74, 6) is 0.905. The van der Waals surface area contributed by atoms with E-state index in [1.807, 2.05) is 0 Å². The van der Waals surface area contributed by atoms with Crippen molar-refractivity contribution >= 4 is 17.9 Å². The number of unbranched alkanes of at least 4 members (excludes halogenated alkanes) is 43. The van der Waals surface area contributed by atoms with Gasteiger partial charge in [0, 0.05) is 19.3 Å². The Morgan fingerprint density at radius 3 is 0.803 bits per heavy atom. The highest BCUT2D eigenvalue weighted by atomic mass is 16.6. The molecule has 0 aliphatic rings. The molecule has 1 unspecified atom stereocenters. The van der Waals surface area contributed by atoms with Gasteiger partial charge in [0.05, 0.1) is 0 Å². The summed E-state index contributed by atoms with van der Waals surface area (Å²) in [6.45, 7) is 11.5. The predicted octanol–water partition coefficient (Wildman–Crippen LogP) is 21.6. The monoisotopic (exact) mass is 1000 g/mol. The fourth-order valence-corrected chi connectivity index (χ4v) is 10.1. The summed E-state index contributed by atoms with van der Waals surface area (Å²) in [6.07, 6.45) is 63.9. The SMILES string of the molecule is CCCCCCCCCCCCCCCCCCCC(=O)O[C@H](COC(=O)CCCCCCCCCCCCCCCCCCCCC(C)CC)COC(=O)CCCCCCCCCCCCCC(C)C. The molecule has 71 heavy (non-hydrogen) atoms. The van der Waals surface area contributed by atoms with Crippen molar-refractivity contribution in [3.05, 3.63) is 0 Å². The van der Waals surface area contributed by atoms with Gasteiger partial charge in [0.1, 0.15) is 13.2 Å². The summed E-state index contributed by atoms with van der Waals surface area (Å²) < 4.78 is 17.0. The van der Waals surface area contributed by atoms with Gasteiger partial charge < -0.3 is 14.2 Å². The third-order valence-corrected chi connectivity index (χ3v) is 15.3. The number of rotatable bonds is 59. The molecule has 0 N–H and O–H groups in total. The molecule has 0 aromatic heterocycles. The van der Waals surface area contributed by atoms with Crippen molar-refractivity contribution in [3.8, 4) is 0 Å². The van der Waals surface area contributed by atoms with Crippen LogP contribution in [0.25, 0.3) is 0 Å². The van der Waals surface area contributed by atoms with Crippen LogP contribution in [0.1, 0.15) is 369 Å². The quantitative estimate of drug-likeness (QED) is 0.0343. The van der Waals surface area contributed by atoms with Crippen molar-refractivity contribution in [2.45, 2.75) is 375 Å². The third-order valence-electron chi connectivity index (χ3n) is 15.3. The zero-order valence-corrected chi connectivity index (χ0v) is 48.9. The van der Waals surface area contributed by atoms with Crippen LogP contribution in [0, 0.1) is 11.8 Å². The Kier molecular flexibility index (Phi) is 56.4. The van der Waals surface area contributed by atoms with Crippen LogP contribution in [0.2, 0.25) is 0 Å². The lowest BCUT2D eigenvalue weighted by molar-refractivity contribution is -0.167. The van der Waals surface area contributed by atoms with Crippen molar-refractivity contribution in [2.24, 2.45) is 11.8 Å². The second-order valence-electron chi connectivity index (χ2n) is 23.1. The van der Waals surface area contributed by atoms with Gasteiger partial charge in [-0.3, -0.25) is 14.4 Å². The summed E-state index contributed by atoms with van der Waals surface area (Å²) in [4.78, 5) is 38.3. The Hall–Kier alpha value is -1.59. The summed E-state index contributed by atoms with van der Waals surface area (Å²) in [7, 11) is 0. The van der Waals surface area contributed by atoms with Gasteiger partial charge >= 0.3 is 17.9 Å². The predicted molar refractivity (Wildman–Crippen MR) is 307 cm³/mol. The number of carbonyl (C=O) groups is 3. The summed E-state index contributed by atoms with van der Waals surface area (Å²) in [6, 6.07) is 0. The zero-order chi connectivity index (χ0) is 51.8. The first-order valence-electron chi connectivity index (χ1n) is 32.3. The van der Waals surface area contributed by atoms with Crippen LogP contribution in [0.3, 0.4) is 0 Å². The molecule has 6 heteroatoms. The number of ether oxygens (including phenoxy) is 3. The molecule has 0 heterocycles. The molecule has 0 spiro atoms. The normalized spacial score (nSPS) is 12.4. The van der Waals surface area contributed by atoms with Gasteiger partial charge in [0.2, 0.25) is 0 Å². The van der Waals surface area contributed by atoms with E-state index in [0.29, 0.717) is 19.3 Å². The average molecular weight is 1000 g/mol. The fraction of sp³-hybridized carbons (Fsp3) is 0.954. The molecule has 422 valence electrons. The largest absolute Gasteiger partial charge is 0.462 e. The average Bonchev–Trinajstić information content (AvgIpc) is 3.36. The van der Waals surface area contributed by atoms with Crippen LogP contribution in [0.4, 0.5) is 0 Å². The first-order chi connectivity index (χ1) is 34.8. The van der Waals surface area contributed by atoms with Gasteiger partial charge in [-0.25, -0.2) is 0 Å². The second kappa shape index (κ2) is 57.7. The molecule has 0 amide bonds. The Bertz CT molecular complexity index is 1090. The third kappa shape index (κ3) is 57.5. The summed E-state index contributed by atoms with van der Waals surface area (Å²) in [5.41, 5.74) is 0. The number of carbonyl (C=O) groups excluding carboxylic acids is 3. The zero-order valence-electron chi connectivity index (χ0n) is 48.9. The summed E-state index contributed by atoms with van der Waals surface area (Å²) in [5, 5.41) is 0. The minimum atomic E-state index is -0.764. The highest BCUT2D eigenvalue weighted by Crippen LogP contribution is 2.19. The molecular formula is C65H126O6. The highest BCUT2D eigenvalue weighted by Gasteiger charge is 2.19. The lowest BCUT2D eigenvalue weighted by Crippen LogP contribution is -2.30. The van der Waals surface area contributed by atoms with Gasteiger partial charge in [-0.2, -0.15) is 0 Å². The van der Waals surface area contributed by atoms with Gasteiger partial charge in [-0.1, -0.05) is 330 Å². The molecule has 0 aromatic carbocycles. The van der Waals surface area contributed by atoms with E-state index in [2.05, 4.69) is 34.6 Å². The lowest BCUT2D eigenvalue weighted by Gasteiger charge is -2.18. The summed E-state index contributed by atoms with van der Waals surface area (Å²) >= 11 is 0. The molecule has 0 rings (SSSR count). The van der Waals surface area contributed by atoms with E-state index in [9.17, 15) is 14.4 Å². The Morgan fingerprint density at radius 1 is 0.296 bits per heavy atom. The van der Waals surface area contributed by atoms with Crippen LogP contribution < -0.4 is 0 Å². The molecule has 0 aromatic rings. The molecule has 0 bridgehead atoms. The van der Waals surface area contributed by atoms with Crippen LogP contribution >= 0.6 is 0 Å². The number of hydrogen-bond acceptors (Lipinski definition) is 6. The first-order valence-corrected chi connectivity index (χ1v) is 32.3. The van der Waals surface area contributed by atoms with E-state index in [-0.39, 0.29) is 31.1 Å². The van der Waals surface area contributed by atoms with Gasteiger partial charge in [0.25, 0.3) is 0 Å². The molecule has 0 saturated carbocycles. The van der Waals surface area contributed by atoms with Crippen LogP contribution in [-0.4, -0.2) is 37.2 Å². The maximum Gasteiger partial charge on any atom is 0.306 e. The molecule has 0 saturated heterocycles. The fourth-order valence-electron chi connectivity index (χ4n) is 10.1. The molecule has 6 nitrogen and oxygen atoms in total. The van der Waals surface area contributed by atoms with Crippen molar-refractivity contribution in [3.63, 3.8) is 0 Å². The van der Waals surface area contributed by atoms with E-state index < -0.39 is 6.10 Å². The molecule has 0 aliphatic carbocycles. The van der Waals surface area contributed by atoms with Crippen LogP contribution in [-0.2, 0) is 28.6 Å². The maximum atomic E-state index is 12.9. The minimum absolute atomic E-state index is 0.0619. The topological polar surface area (TPSA) is 78.9 Å². The number of esters is 3. The standard InChI is InChI=1S/C65H126O6/c1-6-8-9-10-11-12-13-14-15-18-23-26-31-37-42-47-52-57-65(68)71-62(59-70-64(67)56-51-46-41-36-32-27-28-33-38-43-48-53-60(3)4)58-69-63(66)55-50-45-40-35-30-25-22-20-17-16-19-21-24-29-34-39-44-49-54-61(5)7-2/h60-62H,6-59H2,1-5H3/t61?,62-/m1/s1. The molecule has 2 atom stereocenters. The van der Waals surface area contributed by atoms with Gasteiger partial charge in [-0.15, -0.1) is 0 Å². The minimum Gasteiger partial charge on any atom is -0.462 e. The van der Waals surface area contributed by atoms with E-state index >= 15 is 0 Å². The van der Waals surface area contributed by atoms with E-state index in [1.165, 1.54) is 257 Å². The van der Waals surface area contributed by atoms with Gasteiger partial charge in [0.15, 0.2) is 6.10 Å². The second-order valence-corrected chi connectivity index (χ2v) is 23.1. The van der Waals surface area contributed by atoms with Crippen molar-refractivity contribution in [2.75, 3.05) is 13.2 Å². The lowest BCUT2D eigenvalue weighted by atomic mass is 9.99. The van der Waals surface area contributed by atoms with Crippen molar-refractivity contribution in [1.29, 1.82) is 0 Å². The van der Waals surface area contributed by atoms with E-state index in [4.69, 9.17) is 14.2 Å². The Balaban J connectivity index is 4.25. The maximum absolute atomic E-state index is 12.9. The number of hydrogen-bond donors (Lipinski definition) is 0. The highest BCUT2D eigenvalue weighted by molar-refractivity contribution is 5.71. The molecular weight excluding hydrogens is 877 g/mol. The van der Waals surface area contributed by atoms with Crippen LogP contribution in [0.15, 0.2) is 0 Å². The van der Waals surface area contributed by atoms with Crippen LogP contribution in [0.5, 0.6) is 0 Å². The molecule has 0 radical (unpaired) electrons. The first kappa shape index (κ1) is 69.4.